The highest BCUT2D eigenvalue weighted by atomic mass is 32.2. The van der Waals surface area contributed by atoms with Crippen molar-refractivity contribution in [2.75, 3.05) is 25.5 Å². The number of thiophene rings is 1. The number of benzene rings is 1. The number of ether oxygens (including phenoxy) is 1. The van der Waals surface area contributed by atoms with Crippen LogP contribution in [0.3, 0.4) is 0 Å². The maximum Gasteiger partial charge on any atom is 0.341 e. The number of aryl methyl sites for hydroxylation is 1. The van der Waals surface area contributed by atoms with Crippen LogP contribution in [0.2, 0.25) is 0 Å². The number of fused-ring (bicyclic) bond motifs is 1. The summed E-state index contributed by atoms with van der Waals surface area (Å²) in [7, 11) is -2.31. The molecule has 7 nitrogen and oxygen atoms in total. The second-order valence-corrected chi connectivity index (χ2v) is 11.0. The Bertz CT molecular complexity index is 1080. The zero-order valence-corrected chi connectivity index (χ0v) is 19.1. The summed E-state index contributed by atoms with van der Waals surface area (Å²) in [5.41, 5.74) is 1.44. The SMILES string of the molecule is COC(=O)c1c(NC(=O)[C@@H]2CCCN(S(=O)(=O)c3ccccc3)C2)sc2c1CCCC2. The molecule has 0 radical (unpaired) electrons. The maximum absolute atomic E-state index is 13.1. The summed E-state index contributed by atoms with van der Waals surface area (Å²) >= 11 is 1.44. The summed E-state index contributed by atoms with van der Waals surface area (Å²) in [5, 5.41) is 3.44. The third kappa shape index (κ3) is 4.40. The van der Waals surface area contributed by atoms with Gasteiger partial charge in [0.1, 0.15) is 5.00 Å². The molecule has 4 rings (SSSR count). The number of amides is 1. The zero-order chi connectivity index (χ0) is 22.0. The smallest absolute Gasteiger partial charge is 0.341 e. The van der Waals surface area contributed by atoms with E-state index in [2.05, 4.69) is 5.32 Å². The lowest BCUT2D eigenvalue weighted by Gasteiger charge is -2.31. The topological polar surface area (TPSA) is 92.8 Å². The van der Waals surface area contributed by atoms with Crippen LogP contribution in [0.4, 0.5) is 5.00 Å². The first-order valence-electron chi connectivity index (χ1n) is 10.5. The zero-order valence-electron chi connectivity index (χ0n) is 17.4. The average molecular weight is 463 g/mol. The number of esters is 1. The molecule has 0 unspecified atom stereocenters. The quantitative estimate of drug-likeness (QED) is 0.687. The Morgan fingerprint density at radius 2 is 1.87 bits per heavy atom. The van der Waals surface area contributed by atoms with Crippen molar-refractivity contribution in [3.8, 4) is 0 Å². The Balaban J connectivity index is 1.53. The van der Waals surface area contributed by atoms with Crippen molar-refractivity contribution in [3.05, 3.63) is 46.3 Å². The van der Waals surface area contributed by atoms with Gasteiger partial charge in [0.15, 0.2) is 0 Å². The summed E-state index contributed by atoms with van der Waals surface area (Å²) in [6.45, 7) is 0.517. The number of hydrogen-bond donors (Lipinski definition) is 1. The molecule has 31 heavy (non-hydrogen) atoms. The normalized spacial score (nSPS) is 19.5. The molecule has 1 aromatic heterocycles. The van der Waals surface area contributed by atoms with E-state index in [0.717, 1.165) is 36.1 Å². The van der Waals surface area contributed by atoms with E-state index in [4.69, 9.17) is 4.74 Å². The molecule has 2 aromatic rings. The Morgan fingerprint density at radius 1 is 1.13 bits per heavy atom. The van der Waals surface area contributed by atoms with Gasteiger partial charge < -0.3 is 10.1 Å². The molecule has 1 aliphatic carbocycles. The second-order valence-electron chi connectivity index (χ2n) is 7.91. The van der Waals surface area contributed by atoms with Crippen LogP contribution in [0.15, 0.2) is 35.2 Å². The standard InChI is InChI=1S/C22H26N2O5S2/c1-29-22(26)19-17-11-5-6-12-18(17)30-21(19)23-20(25)15-8-7-13-24(14-15)31(27,28)16-9-3-2-4-10-16/h2-4,9-10,15H,5-8,11-14H2,1H3,(H,23,25)/t15-/m1/s1. The maximum atomic E-state index is 13.1. The van der Waals surface area contributed by atoms with Crippen LogP contribution in [-0.4, -0.2) is 44.8 Å². The predicted octanol–water partition coefficient (Wildman–Crippen LogP) is 3.45. The highest BCUT2D eigenvalue weighted by Gasteiger charge is 2.34. The second kappa shape index (κ2) is 9.10. The highest BCUT2D eigenvalue weighted by Crippen LogP contribution is 2.39. The van der Waals surface area contributed by atoms with E-state index in [0.29, 0.717) is 30.0 Å². The number of carbonyl (C=O) groups excluding carboxylic acids is 2. The third-order valence-corrected chi connectivity index (χ3v) is 9.02. The van der Waals surface area contributed by atoms with E-state index < -0.39 is 21.9 Å². The van der Waals surface area contributed by atoms with Crippen LogP contribution in [-0.2, 0) is 32.4 Å². The van der Waals surface area contributed by atoms with E-state index in [1.165, 1.54) is 22.8 Å². The fourth-order valence-electron chi connectivity index (χ4n) is 4.30. The van der Waals surface area contributed by atoms with Crippen molar-refractivity contribution in [1.29, 1.82) is 0 Å². The van der Waals surface area contributed by atoms with E-state index in [-0.39, 0.29) is 17.3 Å². The molecule has 2 aliphatic rings. The van der Waals surface area contributed by atoms with Gasteiger partial charge in [0.25, 0.3) is 0 Å². The molecule has 166 valence electrons. The van der Waals surface area contributed by atoms with Gasteiger partial charge in [0.05, 0.1) is 23.5 Å². The Kier molecular flexibility index (Phi) is 6.45. The molecule has 1 aromatic carbocycles. The van der Waals surface area contributed by atoms with Gasteiger partial charge in [-0.1, -0.05) is 18.2 Å². The van der Waals surface area contributed by atoms with Crippen LogP contribution < -0.4 is 5.32 Å². The van der Waals surface area contributed by atoms with Crippen molar-refractivity contribution < 1.29 is 22.7 Å². The number of nitrogens with one attached hydrogen (secondary N) is 1. The minimum atomic E-state index is -3.65. The molecule has 1 amide bonds. The molecule has 1 N–H and O–H groups in total. The van der Waals surface area contributed by atoms with Crippen LogP contribution in [0.5, 0.6) is 0 Å². The van der Waals surface area contributed by atoms with E-state index >= 15 is 0 Å². The van der Waals surface area contributed by atoms with Gasteiger partial charge >= 0.3 is 5.97 Å². The predicted molar refractivity (Wildman–Crippen MR) is 119 cm³/mol. The number of sulfonamides is 1. The number of hydrogen-bond acceptors (Lipinski definition) is 6. The molecular weight excluding hydrogens is 436 g/mol. The van der Waals surface area contributed by atoms with Crippen LogP contribution >= 0.6 is 11.3 Å². The molecule has 2 heterocycles. The minimum absolute atomic E-state index is 0.127. The van der Waals surface area contributed by atoms with Gasteiger partial charge in [-0.25, -0.2) is 13.2 Å². The van der Waals surface area contributed by atoms with Crippen molar-refractivity contribution in [3.63, 3.8) is 0 Å². The largest absolute Gasteiger partial charge is 0.465 e. The number of rotatable bonds is 5. The molecule has 1 saturated heterocycles. The average Bonchev–Trinajstić information content (AvgIpc) is 3.17. The van der Waals surface area contributed by atoms with Gasteiger partial charge in [0, 0.05) is 18.0 Å². The molecule has 1 atom stereocenters. The monoisotopic (exact) mass is 462 g/mol. The van der Waals surface area contributed by atoms with Crippen LogP contribution in [0.1, 0.15) is 46.5 Å². The van der Waals surface area contributed by atoms with Crippen molar-refractivity contribution in [2.45, 2.75) is 43.4 Å². The summed E-state index contributed by atoms with van der Waals surface area (Å²) in [6, 6.07) is 8.28. The van der Waals surface area contributed by atoms with E-state index in [9.17, 15) is 18.0 Å². The van der Waals surface area contributed by atoms with Gasteiger partial charge in [0.2, 0.25) is 15.9 Å². The first kappa shape index (κ1) is 22.0. The summed E-state index contributed by atoms with van der Waals surface area (Å²) < 4.78 is 32.3. The Morgan fingerprint density at radius 3 is 2.61 bits per heavy atom. The number of methoxy groups -OCH3 is 1. The number of carbonyl (C=O) groups is 2. The van der Waals surface area contributed by atoms with Gasteiger partial charge in [-0.3, -0.25) is 4.79 Å². The lowest BCUT2D eigenvalue weighted by molar-refractivity contribution is -0.120. The molecule has 0 saturated carbocycles. The first-order valence-corrected chi connectivity index (χ1v) is 12.8. The van der Waals surface area contributed by atoms with Gasteiger partial charge in [-0.05, 0) is 56.2 Å². The number of piperidine rings is 1. The lowest BCUT2D eigenvalue weighted by atomic mass is 9.95. The number of nitrogens with zero attached hydrogens (tertiary/aromatic N) is 1. The Labute approximate surface area is 186 Å². The van der Waals surface area contributed by atoms with Crippen LogP contribution in [0, 0.1) is 5.92 Å². The van der Waals surface area contributed by atoms with Gasteiger partial charge in [-0.2, -0.15) is 4.31 Å². The van der Waals surface area contributed by atoms with Gasteiger partial charge in [-0.15, -0.1) is 11.3 Å². The summed E-state index contributed by atoms with van der Waals surface area (Å²) in [5.74, 6) is -1.17. The highest BCUT2D eigenvalue weighted by molar-refractivity contribution is 7.89. The van der Waals surface area contributed by atoms with E-state index in [1.807, 2.05) is 0 Å². The molecular formula is C22H26N2O5S2. The fraction of sp³-hybridized carbons (Fsp3) is 0.455. The third-order valence-electron chi connectivity index (χ3n) is 5.93. The van der Waals surface area contributed by atoms with Crippen molar-refractivity contribution in [2.24, 2.45) is 5.92 Å². The first-order chi connectivity index (χ1) is 14.9. The van der Waals surface area contributed by atoms with E-state index in [1.54, 1.807) is 30.3 Å². The van der Waals surface area contributed by atoms with Crippen molar-refractivity contribution >= 4 is 38.2 Å². The minimum Gasteiger partial charge on any atom is -0.465 e. The van der Waals surface area contributed by atoms with Crippen LogP contribution in [0.25, 0.3) is 0 Å². The molecule has 1 aliphatic heterocycles. The fourth-order valence-corrected chi connectivity index (χ4v) is 7.13. The molecule has 9 heteroatoms. The number of anilines is 1. The summed E-state index contributed by atoms with van der Waals surface area (Å²) in [6.07, 6.45) is 4.98. The molecule has 0 spiro atoms. The molecule has 0 bridgehead atoms. The summed E-state index contributed by atoms with van der Waals surface area (Å²) in [4.78, 5) is 26.8. The lowest BCUT2D eigenvalue weighted by Crippen LogP contribution is -2.43. The molecule has 1 fully saturated rings. The van der Waals surface area contributed by atoms with Crippen molar-refractivity contribution in [1.82, 2.24) is 4.31 Å². The Hall–Kier alpha value is -2.23.